The number of aromatic nitrogens is 2. The van der Waals surface area contributed by atoms with Gasteiger partial charge in [-0.2, -0.15) is 0 Å². The number of hydrogen-bond acceptors (Lipinski definition) is 5. The van der Waals surface area contributed by atoms with E-state index in [2.05, 4.69) is 107 Å². The molecule has 5 rings (SSSR count). The third-order valence-corrected chi connectivity index (χ3v) is 6.59. The number of piperazine rings is 1. The lowest BCUT2D eigenvalue weighted by atomic mass is 9.96. The largest absolute Gasteiger partial charge is 0.419 e. The number of benzene rings is 3. The first-order valence-electron chi connectivity index (χ1n) is 11.7. The van der Waals surface area contributed by atoms with Crippen LogP contribution in [-0.4, -0.2) is 46.2 Å². The highest BCUT2D eigenvalue weighted by Gasteiger charge is 2.30. The van der Waals surface area contributed by atoms with Crippen molar-refractivity contribution in [2.24, 2.45) is 0 Å². The molecule has 4 aromatic rings. The molecule has 0 amide bonds. The molecule has 1 atom stereocenters. The maximum absolute atomic E-state index is 6.06. The lowest BCUT2D eigenvalue weighted by Crippen LogP contribution is -2.48. The summed E-state index contributed by atoms with van der Waals surface area (Å²) in [5.41, 5.74) is 4.86. The summed E-state index contributed by atoms with van der Waals surface area (Å²) in [4.78, 5) is 5.02. The zero-order valence-corrected chi connectivity index (χ0v) is 19.3. The number of aryl methyl sites for hydroxylation is 1. The quantitative estimate of drug-likeness (QED) is 0.397. The molecule has 1 fully saturated rings. The van der Waals surface area contributed by atoms with Gasteiger partial charge in [0.2, 0.25) is 11.8 Å². The van der Waals surface area contributed by atoms with Crippen LogP contribution in [0.25, 0.3) is 11.5 Å². The lowest BCUT2D eigenvalue weighted by molar-refractivity contribution is 0.0751. The lowest BCUT2D eigenvalue weighted by Gasteiger charge is -2.41. The normalized spacial score (nSPS) is 16.2. The van der Waals surface area contributed by atoms with Crippen molar-refractivity contribution in [1.82, 2.24) is 20.0 Å². The summed E-state index contributed by atoms with van der Waals surface area (Å²) in [6, 6.07) is 30.2. The summed E-state index contributed by atoms with van der Waals surface area (Å²) in [7, 11) is 0. The predicted octanol–water partition coefficient (Wildman–Crippen LogP) is 5.51. The van der Waals surface area contributed by atoms with E-state index in [0.29, 0.717) is 11.8 Å². The fourth-order valence-electron chi connectivity index (χ4n) is 4.64. The average molecular weight is 439 g/mol. The van der Waals surface area contributed by atoms with Crippen molar-refractivity contribution in [3.63, 3.8) is 0 Å². The molecule has 0 radical (unpaired) electrons. The van der Waals surface area contributed by atoms with Gasteiger partial charge in [-0.25, -0.2) is 0 Å². The second kappa shape index (κ2) is 9.69. The third kappa shape index (κ3) is 4.75. The van der Waals surface area contributed by atoms with Gasteiger partial charge in [-0.3, -0.25) is 9.80 Å². The van der Waals surface area contributed by atoms with Gasteiger partial charge in [-0.15, -0.1) is 10.2 Å². The van der Waals surface area contributed by atoms with Crippen LogP contribution in [-0.2, 0) is 0 Å². The zero-order valence-electron chi connectivity index (χ0n) is 19.3. The highest BCUT2D eigenvalue weighted by molar-refractivity contribution is 5.52. The molecule has 2 heterocycles. The molecule has 1 aliphatic heterocycles. The molecule has 5 heteroatoms. The van der Waals surface area contributed by atoms with Crippen LogP contribution in [0.4, 0.5) is 0 Å². The minimum Gasteiger partial charge on any atom is -0.419 e. The van der Waals surface area contributed by atoms with E-state index in [9.17, 15) is 0 Å². The van der Waals surface area contributed by atoms with E-state index in [1.807, 2.05) is 12.1 Å². The second-order valence-electron chi connectivity index (χ2n) is 8.78. The Balaban J connectivity index is 1.28. The monoisotopic (exact) mass is 438 g/mol. The molecule has 168 valence electrons. The Hall–Kier alpha value is -3.28. The molecule has 0 saturated carbocycles. The Morgan fingerprint density at radius 1 is 0.697 bits per heavy atom. The van der Waals surface area contributed by atoms with Gasteiger partial charge in [-0.1, -0.05) is 78.4 Å². The first-order valence-corrected chi connectivity index (χ1v) is 11.7. The van der Waals surface area contributed by atoms with E-state index in [0.717, 1.165) is 31.7 Å². The molecule has 0 spiro atoms. The molecule has 3 aromatic carbocycles. The summed E-state index contributed by atoms with van der Waals surface area (Å²) in [6.45, 7) is 8.12. The van der Waals surface area contributed by atoms with Crippen molar-refractivity contribution < 1.29 is 4.42 Å². The molecule has 33 heavy (non-hydrogen) atoms. The van der Waals surface area contributed by atoms with Gasteiger partial charge < -0.3 is 4.42 Å². The first kappa shape index (κ1) is 21.6. The van der Waals surface area contributed by atoms with Gasteiger partial charge >= 0.3 is 0 Å². The van der Waals surface area contributed by atoms with Gasteiger partial charge in [0.25, 0.3) is 0 Å². The fraction of sp³-hybridized carbons (Fsp3) is 0.286. The zero-order chi connectivity index (χ0) is 22.6. The number of rotatable bonds is 6. The third-order valence-electron chi connectivity index (χ3n) is 6.59. The summed E-state index contributed by atoms with van der Waals surface area (Å²) >= 11 is 0. The molecule has 0 unspecified atom stereocenters. The maximum atomic E-state index is 6.06. The standard InChI is InChI=1S/C28H30N4O/c1-21-13-15-25(16-14-21)28-30-29-27(33-28)22(2)31-17-19-32(20-18-31)26(23-9-5-3-6-10-23)24-11-7-4-8-12-24/h3-16,22,26H,17-20H2,1-2H3/t22-/m1/s1. The Kier molecular flexibility index (Phi) is 6.33. The minimum absolute atomic E-state index is 0.0887. The van der Waals surface area contributed by atoms with Crippen molar-refractivity contribution in [3.8, 4) is 11.5 Å². The van der Waals surface area contributed by atoms with Gasteiger partial charge in [-0.05, 0) is 37.1 Å². The molecule has 1 aliphatic rings. The highest BCUT2D eigenvalue weighted by Crippen LogP contribution is 2.31. The van der Waals surface area contributed by atoms with Crippen LogP contribution in [0, 0.1) is 6.92 Å². The Bertz CT molecular complexity index is 1110. The highest BCUT2D eigenvalue weighted by atomic mass is 16.4. The molecule has 0 N–H and O–H groups in total. The van der Waals surface area contributed by atoms with Crippen LogP contribution in [0.1, 0.15) is 41.6 Å². The predicted molar refractivity (Wildman–Crippen MR) is 131 cm³/mol. The van der Waals surface area contributed by atoms with Crippen molar-refractivity contribution in [2.75, 3.05) is 26.2 Å². The minimum atomic E-state index is 0.0887. The molecule has 1 saturated heterocycles. The van der Waals surface area contributed by atoms with Crippen LogP contribution < -0.4 is 0 Å². The van der Waals surface area contributed by atoms with Crippen molar-refractivity contribution >= 4 is 0 Å². The van der Waals surface area contributed by atoms with Crippen LogP contribution in [0.15, 0.2) is 89.3 Å². The second-order valence-corrected chi connectivity index (χ2v) is 8.78. The maximum Gasteiger partial charge on any atom is 0.247 e. The summed E-state index contributed by atoms with van der Waals surface area (Å²) < 4.78 is 6.06. The Labute approximate surface area is 195 Å². The van der Waals surface area contributed by atoms with Gasteiger partial charge in [0.05, 0.1) is 12.1 Å². The van der Waals surface area contributed by atoms with E-state index in [1.165, 1.54) is 16.7 Å². The fourth-order valence-corrected chi connectivity index (χ4v) is 4.64. The van der Waals surface area contributed by atoms with E-state index < -0.39 is 0 Å². The van der Waals surface area contributed by atoms with Crippen molar-refractivity contribution in [2.45, 2.75) is 25.9 Å². The summed E-state index contributed by atoms with van der Waals surface area (Å²) in [5.74, 6) is 1.27. The smallest absolute Gasteiger partial charge is 0.247 e. The SMILES string of the molecule is Cc1ccc(-c2nnc([C@@H](C)N3CCN(C(c4ccccc4)c4ccccc4)CC3)o2)cc1. The molecule has 1 aromatic heterocycles. The molecule has 0 bridgehead atoms. The number of hydrogen-bond donors (Lipinski definition) is 0. The molecule has 0 aliphatic carbocycles. The molecule has 5 nitrogen and oxygen atoms in total. The van der Waals surface area contributed by atoms with Crippen LogP contribution in [0.5, 0.6) is 0 Å². The Morgan fingerprint density at radius 3 is 1.82 bits per heavy atom. The summed E-state index contributed by atoms with van der Waals surface area (Å²) in [6.07, 6.45) is 0. The van der Waals surface area contributed by atoms with Crippen molar-refractivity contribution in [1.29, 1.82) is 0 Å². The first-order chi connectivity index (χ1) is 16.2. The van der Waals surface area contributed by atoms with E-state index >= 15 is 0 Å². The number of nitrogens with zero attached hydrogens (tertiary/aromatic N) is 4. The van der Waals surface area contributed by atoms with Gasteiger partial charge in [0, 0.05) is 31.7 Å². The van der Waals surface area contributed by atoms with Crippen molar-refractivity contribution in [3.05, 3.63) is 108 Å². The van der Waals surface area contributed by atoms with Crippen LogP contribution >= 0.6 is 0 Å². The van der Waals surface area contributed by atoms with E-state index in [1.54, 1.807) is 0 Å². The molecular weight excluding hydrogens is 408 g/mol. The molecular formula is C28H30N4O. The van der Waals surface area contributed by atoms with E-state index in [4.69, 9.17) is 4.42 Å². The van der Waals surface area contributed by atoms with Crippen LogP contribution in [0.2, 0.25) is 0 Å². The average Bonchev–Trinajstić information content (AvgIpc) is 3.36. The van der Waals surface area contributed by atoms with Gasteiger partial charge in [0.15, 0.2) is 0 Å². The summed E-state index contributed by atoms with van der Waals surface area (Å²) in [5, 5.41) is 8.67. The Morgan fingerprint density at radius 2 is 1.24 bits per heavy atom. The van der Waals surface area contributed by atoms with E-state index in [-0.39, 0.29) is 12.1 Å². The van der Waals surface area contributed by atoms with Crippen LogP contribution in [0.3, 0.4) is 0 Å². The van der Waals surface area contributed by atoms with Gasteiger partial charge in [0.1, 0.15) is 0 Å². The topological polar surface area (TPSA) is 45.4 Å².